The van der Waals surface area contributed by atoms with Gasteiger partial charge in [-0.2, -0.15) is 4.31 Å². The Morgan fingerprint density at radius 1 is 0.905 bits per heavy atom. The van der Waals surface area contributed by atoms with Gasteiger partial charge in [-0.3, -0.25) is 0 Å². The minimum Gasteiger partial charge on any atom is -0.207 e. The van der Waals surface area contributed by atoms with Gasteiger partial charge in [-0.05, 0) is 12.1 Å². The standard InChI is InChI=1S/C14H14Cl3NO2S/c15-7-9-18(10-8-16)21(19,20)14-6-2-3-11-12(14)4-1-5-13(11)17/h1-6H,7-10H2. The zero-order valence-electron chi connectivity index (χ0n) is 11.1. The van der Waals surface area contributed by atoms with Crippen molar-refractivity contribution in [3.63, 3.8) is 0 Å². The summed E-state index contributed by atoms with van der Waals surface area (Å²) < 4.78 is 26.9. The summed E-state index contributed by atoms with van der Waals surface area (Å²) in [4.78, 5) is 0.220. The molecule has 0 aliphatic rings. The van der Waals surface area contributed by atoms with E-state index in [-0.39, 0.29) is 29.7 Å². The van der Waals surface area contributed by atoms with E-state index in [9.17, 15) is 8.42 Å². The van der Waals surface area contributed by atoms with Crippen LogP contribution in [0.1, 0.15) is 0 Å². The molecule has 21 heavy (non-hydrogen) atoms. The number of fused-ring (bicyclic) bond motifs is 1. The molecule has 0 radical (unpaired) electrons. The molecule has 0 atom stereocenters. The Morgan fingerprint density at radius 3 is 2.10 bits per heavy atom. The van der Waals surface area contributed by atoms with Crippen LogP contribution in [0, 0.1) is 0 Å². The monoisotopic (exact) mass is 365 g/mol. The average Bonchev–Trinajstić information content (AvgIpc) is 2.47. The molecule has 0 saturated carbocycles. The van der Waals surface area contributed by atoms with Crippen LogP contribution in [0.3, 0.4) is 0 Å². The predicted octanol–water partition coefficient (Wildman–Crippen LogP) is 3.96. The van der Waals surface area contributed by atoms with Gasteiger partial charge in [0.1, 0.15) is 0 Å². The normalized spacial score (nSPS) is 12.2. The van der Waals surface area contributed by atoms with Gasteiger partial charge in [-0.1, -0.05) is 35.9 Å². The van der Waals surface area contributed by atoms with E-state index in [4.69, 9.17) is 34.8 Å². The second-order valence-electron chi connectivity index (χ2n) is 4.37. The third-order valence-corrected chi connectivity index (χ3v) is 5.74. The van der Waals surface area contributed by atoms with Gasteiger partial charge < -0.3 is 0 Å². The highest BCUT2D eigenvalue weighted by Gasteiger charge is 2.25. The summed E-state index contributed by atoms with van der Waals surface area (Å²) in [6.45, 7) is 0.432. The molecular weight excluding hydrogens is 353 g/mol. The minimum absolute atomic E-state index is 0.210. The molecule has 0 aliphatic heterocycles. The van der Waals surface area contributed by atoms with Gasteiger partial charge in [-0.25, -0.2) is 8.42 Å². The molecule has 2 aromatic carbocycles. The summed E-state index contributed by atoms with van der Waals surface area (Å²) in [5.41, 5.74) is 0. The van der Waals surface area contributed by atoms with Crippen molar-refractivity contribution >= 4 is 55.6 Å². The topological polar surface area (TPSA) is 37.4 Å². The predicted molar refractivity (Wildman–Crippen MR) is 89.2 cm³/mol. The first-order valence-electron chi connectivity index (χ1n) is 6.31. The Labute approximate surface area is 139 Å². The maximum Gasteiger partial charge on any atom is 0.243 e. The largest absolute Gasteiger partial charge is 0.243 e. The molecule has 0 unspecified atom stereocenters. The fraction of sp³-hybridized carbons (Fsp3) is 0.286. The zero-order valence-corrected chi connectivity index (χ0v) is 14.2. The van der Waals surface area contributed by atoms with Crippen LogP contribution in [0.25, 0.3) is 10.8 Å². The molecule has 0 aliphatic carbocycles. The van der Waals surface area contributed by atoms with Crippen molar-refractivity contribution in [3.05, 3.63) is 41.4 Å². The smallest absolute Gasteiger partial charge is 0.207 e. The molecule has 114 valence electrons. The number of alkyl halides is 2. The van der Waals surface area contributed by atoms with Crippen LogP contribution in [0.5, 0.6) is 0 Å². The molecular formula is C14H14Cl3NO2S. The highest BCUT2D eigenvalue weighted by atomic mass is 35.5. The number of sulfonamides is 1. The summed E-state index contributed by atoms with van der Waals surface area (Å²) >= 11 is 17.5. The minimum atomic E-state index is -3.66. The fourth-order valence-corrected chi connectivity index (χ4v) is 4.64. The average molecular weight is 367 g/mol. The Balaban J connectivity index is 2.61. The van der Waals surface area contributed by atoms with Gasteiger partial charge in [0.05, 0.1) is 4.90 Å². The molecule has 2 rings (SSSR count). The summed E-state index contributed by atoms with van der Waals surface area (Å²) in [5.74, 6) is 0.420. The van der Waals surface area contributed by atoms with Crippen LogP contribution in [0.4, 0.5) is 0 Å². The van der Waals surface area contributed by atoms with Crippen LogP contribution < -0.4 is 0 Å². The van der Waals surface area contributed by atoms with Crippen LogP contribution >= 0.6 is 34.8 Å². The molecule has 0 saturated heterocycles. The first kappa shape index (κ1) is 16.8. The van der Waals surface area contributed by atoms with Gasteiger partial charge in [-0.15, -0.1) is 23.2 Å². The Hall–Kier alpha value is -0.520. The molecule has 0 amide bonds. The van der Waals surface area contributed by atoms with E-state index in [1.54, 1.807) is 36.4 Å². The van der Waals surface area contributed by atoms with Crippen molar-refractivity contribution in [2.24, 2.45) is 0 Å². The van der Waals surface area contributed by atoms with Crippen molar-refractivity contribution in [1.82, 2.24) is 4.31 Å². The molecule has 0 heterocycles. The Morgan fingerprint density at radius 2 is 1.48 bits per heavy atom. The number of rotatable bonds is 6. The van der Waals surface area contributed by atoms with Crippen LogP contribution in [-0.2, 0) is 10.0 Å². The molecule has 0 spiro atoms. The van der Waals surface area contributed by atoms with Crippen LogP contribution in [-0.4, -0.2) is 37.6 Å². The lowest BCUT2D eigenvalue weighted by Crippen LogP contribution is -2.34. The Bertz CT molecular complexity index is 728. The summed E-state index contributed by atoms with van der Waals surface area (Å²) in [6, 6.07) is 10.3. The molecule has 0 aromatic heterocycles. The van der Waals surface area contributed by atoms with E-state index in [1.165, 1.54) is 4.31 Å². The van der Waals surface area contributed by atoms with Gasteiger partial charge in [0.15, 0.2) is 0 Å². The highest BCUT2D eigenvalue weighted by molar-refractivity contribution is 7.89. The van der Waals surface area contributed by atoms with Gasteiger partial charge in [0.2, 0.25) is 10.0 Å². The summed E-state index contributed by atoms with van der Waals surface area (Å²) in [5, 5.41) is 1.82. The fourth-order valence-electron chi connectivity index (χ4n) is 2.15. The van der Waals surface area contributed by atoms with Crippen LogP contribution in [0.2, 0.25) is 5.02 Å². The summed E-state index contributed by atoms with van der Waals surface area (Å²) in [6.07, 6.45) is 0. The molecule has 7 heteroatoms. The van der Waals surface area contributed by atoms with Crippen molar-refractivity contribution in [2.75, 3.05) is 24.8 Å². The first-order valence-corrected chi connectivity index (χ1v) is 9.20. The SMILES string of the molecule is O=S(=O)(c1cccc2c(Cl)cccc12)N(CCCl)CCCl. The highest BCUT2D eigenvalue weighted by Crippen LogP contribution is 2.30. The van der Waals surface area contributed by atoms with E-state index in [0.29, 0.717) is 15.8 Å². The van der Waals surface area contributed by atoms with Crippen LogP contribution in [0.15, 0.2) is 41.3 Å². The van der Waals surface area contributed by atoms with Crippen molar-refractivity contribution in [1.29, 1.82) is 0 Å². The van der Waals surface area contributed by atoms with E-state index >= 15 is 0 Å². The molecule has 0 N–H and O–H groups in total. The second-order valence-corrected chi connectivity index (χ2v) is 7.44. The third-order valence-electron chi connectivity index (χ3n) is 3.11. The molecule has 2 aromatic rings. The second kappa shape index (κ2) is 7.16. The summed E-state index contributed by atoms with van der Waals surface area (Å²) in [7, 11) is -3.66. The lowest BCUT2D eigenvalue weighted by atomic mass is 10.1. The van der Waals surface area contributed by atoms with Crippen molar-refractivity contribution in [2.45, 2.75) is 4.90 Å². The first-order chi connectivity index (χ1) is 10.0. The molecule has 3 nitrogen and oxygen atoms in total. The maximum absolute atomic E-state index is 12.8. The number of halogens is 3. The number of hydrogen-bond acceptors (Lipinski definition) is 2. The van der Waals surface area contributed by atoms with Gasteiger partial charge in [0.25, 0.3) is 0 Å². The maximum atomic E-state index is 12.8. The number of hydrogen-bond donors (Lipinski definition) is 0. The Kier molecular flexibility index (Phi) is 5.74. The van der Waals surface area contributed by atoms with Gasteiger partial charge >= 0.3 is 0 Å². The van der Waals surface area contributed by atoms with E-state index < -0.39 is 10.0 Å². The van der Waals surface area contributed by atoms with E-state index in [1.807, 2.05) is 0 Å². The third kappa shape index (κ3) is 3.46. The van der Waals surface area contributed by atoms with Crippen molar-refractivity contribution < 1.29 is 8.42 Å². The number of benzene rings is 2. The zero-order chi connectivity index (χ0) is 15.5. The quantitative estimate of drug-likeness (QED) is 0.726. The van der Waals surface area contributed by atoms with Crippen molar-refractivity contribution in [3.8, 4) is 0 Å². The van der Waals surface area contributed by atoms with Gasteiger partial charge in [0, 0.05) is 40.6 Å². The molecule has 0 bridgehead atoms. The number of nitrogens with zero attached hydrogens (tertiary/aromatic N) is 1. The lowest BCUT2D eigenvalue weighted by molar-refractivity contribution is 0.449. The van der Waals surface area contributed by atoms with E-state index in [2.05, 4.69) is 0 Å². The lowest BCUT2D eigenvalue weighted by Gasteiger charge is -2.21. The molecule has 0 fully saturated rings. The van der Waals surface area contributed by atoms with E-state index in [0.717, 1.165) is 0 Å².